The molecule has 0 radical (unpaired) electrons. The third-order valence-electron chi connectivity index (χ3n) is 3.20. The van der Waals surface area contributed by atoms with Gasteiger partial charge < -0.3 is 10.1 Å². The highest BCUT2D eigenvalue weighted by molar-refractivity contribution is 7.93. The molecule has 1 fully saturated rings. The number of anilines is 1. The van der Waals surface area contributed by atoms with Crippen molar-refractivity contribution in [2.75, 3.05) is 18.4 Å². The van der Waals surface area contributed by atoms with Crippen molar-refractivity contribution in [1.29, 1.82) is 0 Å². The van der Waals surface area contributed by atoms with Gasteiger partial charge in [0.05, 0.1) is 18.0 Å². The minimum Gasteiger partial charge on any atom is -0.468 e. The van der Waals surface area contributed by atoms with Crippen LogP contribution >= 0.6 is 0 Å². The first-order valence-electron chi connectivity index (χ1n) is 6.11. The van der Waals surface area contributed by atoms with Crippen LogP contribution in [0.3, 0.4) is 0 Å². The van der Waals surface area contributed by atoms with Crippen LogP contribution in [0.25, 0.3) is 0 Å². The summed E-state index contributed by atoms with van der Waals surface area (Å²) in [6.07, 6.45) is 0.0187. The molecule has 2 atom stereocenters. The Labute approximate surface area is 120 Å². The summed E-state index contributed by atoms with van der Waals surface area (Å²) in [7, 11) is -2.70. The number of ether oxygens (including phenoxy) is 1. The van der Waals surface area contributed by atoms with Crippen LogP contribution in [-0.2, 0) is 19.6 Å². The van der Waals surface area contributed by atoms with Gasteiger partial charge in [-0.2, -0.15) is 0 Å². The standard InChI is InChI=1S/C12H14F2N2O4S/c1-20-12(17)11-5-8(6-15-11)21(18,19)16-10-3-2-7(13)4-9(10)14/h2-4,8,11,15-16H,5-6H2,1H3. The Bertz CT molecular complexity index is 651. The summed E-state index contributed by atoms with van der Waals surface area (Å²) in [6, 6.07) is 1.82. The topological polar surface area (TPSA) is 84.5 Å². The third-order valence-corrected chi connectivity index (χ3v) is 4.94. The molecule has 21 heavy (non-hydrogen) atoms. The van der Waals surface area contributed by atoms with Gasteiger partial charge in [0, 0.05) is 12.6 Å². The fourth-order valence-electron chi connectivity index (χ4n) is 2.07. The lowest BCUT2D eigenvalue weighted by Gasteiger charge is -2.13. The Balaban J connectivity index is 2.11. The van der Waals surface area contributed by atoms with E-state index in [9.17, 15) is 22.0 Å². The van der Waals surface area contributed by atoms with Crippen LogP contribution < -0.4 is 10.0 Å². The molecule has 2 rings (SSSR count). The molecule has 1 heterocycles. The molecule has 2 unspecified atom stereocenters. The number of carbonyl (C=O) groups is 1. The lowest BCUT2D eigenvalue weighted by molar-refractivity contribution is -0.142. The second-order valence-electron chi connectivity index (χ2n) is 4.61. The van der Waals surface area contributed by atoms with E-state index in [0.717, 1.165) is 12.1 Å². The maximum absolute atomic E-state index is 13.5. The number of methoxy groups -OCH3 is 1. The fourth-order valence-corrected chi connectivity index (χ4v) is 3.47. The van der Waals surface area contributed by atoms with Crippen LogP contribution in [0.5, 0.6) is 0 Å². The summed E-state index contributed by atoms with van der Waals surface area (Å²) >= 11 is 0. The molecule has 0 amide bonds. The van der Waals surface area contributed by atoms with E-state index in [1.54, 1.807) is 0 Å². The summed E-state index contributed by atoms with van der Waals surface area (Å²) in [5.74, 6) is -2.36. The van der Waals surface area contributed by atoms with Crippen LogP contribution in [0, 0.1) is 11.6 Å². The Hall–Kier alpha value is -1.74. The molecule has 0 bridgehead atoms. The first-order valence-corrected chi connectivity index (χ1v) is 7.66. The number of benzene rings is 1. The predicted octanol–water partition coefficient (Wildman–Crippen LogP) is 0.610. The Morgan fingerprint density at radius 3 is 2.76 bits per heavy atom. The SMILES string of the molecule is COC(=O)C1CC(S(=O)(=O)Nc2ccc(F)cc2F)CN1. The van der Waals surface area contributed by atoms with Crippen molar-refractivity contribution in [1.82, 2.24) is 5.32 Å². The number of nitrogens with one attached hydrogen (secondary N) is 2. The smallest absolute Gasteiger partial charge is 0.322 e. The Kier molecular flexibility index (Phi) is 4.43. The van der Waals surface area contributed by atoms with Crippen LogP contribution in [0.4, 0.5) is 14.5 Å². The molecule has 0 aliphatic carbocycles. The number of hydrogen-bond donors (Lipinski definition) is 2. The zero-order valence-corrected chi connectivity index (χ0v) is 11.9. The highest BCUT2D eigenvalue weighted by Gasteiger charge is 2.38. The number of rotatable bonds is 4. The van der Waals surface area contributed by atoms with Gasteiger partial charge in [0.15, 0.2) is 0 Å². The van der Waals surface area contributed by atoms with E-state index in [1.165, 1.54) is 7.11 Å². The molecule has 1 aliphatic heterocycles. The molecule has 0 spiro atoms. The zero-order valence-electron chi connectivity index (χ0n) is 11.1. The summed E-state index contributed by atoms with van der Waals surface area (Å²) in [5.41, 5.74) is -0.335. The monoisotopic (exact) mass is 320 g/mol. The van der Waals surface area contributed by atoms with Crippen molar-refractivity contribution in [3.63, 3.8) is 0 Å². The highest BCUT2D eigenvalue weighted by Crippen LogP contribution is 2.21. The highest BCUT2D eigenvalue weighted by atomic mass is 32.2. The molecule has 1 saturated heterocycles. The average Bonchev–Trinajstić information content (AvgIpc) is 2.91. The van der Waals surface area contributed by atoms with Gasteiger partial charge in [-0.15, -0.1) is 0 Å². The van der Waals surface area contributed by atoms with E-state index in [2.05, 4.69) is 14.8 Å². The second-order valence-corrected chi connectivity index (χ2v) is 6.57. The first kappa shape index (κ1) is 15.6. The van der Waals surface area contributed by atoms with Crippen molar-refractivity contribution >= 4 is 21.7 Å². The molecule has 1 aromatic carbocycles. The number of esters is 1. The number of hydrogen-bond acceptors (Lipinski definition) is 5. The van der Waals surface area contributed by atoms with Crippen molar-refractivity contribution in [3.8, 4) is 0 Å². The maximum atomic E-state index is 13.5. The molecule has 0 aromatic heterocycles. The van der Waals surface area contributed by atoms with Gasteiger partial charge in [-0.05, 0) is 18.6 Å². The molecule has 0 saturated carbocycles. The van der Waals surface area contributed by atoms with E-state index in [4.69, 9.17) is 0 Å². The van der Waals surface area contributed by atoms with Gasteiger partial charge in [0.2, 0.25) is 10.0 Å². The van der Waals surface area contributed by atoms with E-state index < -0.39 is 38.9 Å². The molecule has 6 nitrogen and oxygen atoms in total. The molecule has 2 N–H and O–H groups in total. The fraction of sp³-hybridized carbons (Fsp3) is 0.417. The Morgan fingerprint density at radius 2 is 2.14 bits per heavy atom. The number of carbonyl (C=O) groups excluding carboxylic acids is 1. The summed E-state index contributed by atoms with van der Waals surface area (Å²) in [4.78, 5) is 11.3. The molecular formula is C12H14F2N2O4S. The van der Waals surface area contributed by atoms with Crippen molar-refractivity contribution in [2.45, 2.75) is 17.7 Å². The largest absolute Gasteiger partial charge is 0.468 e. The van der Waals surface area contributed by atoms with Gasteiger partial charge in [0.25, 0.3) is 0 Å². The number of halogens is 2. The second kappa shape index (κ2) is 5.94. The van der Waals surface area contributed by atoms with Crippen molar-refractivity contribution in [3.05, 3.63) is 29.8 Å². The van der Waals surface area contributed by atoms with Gasteiger partial charge in [-0.3, -0.25) is 9.52 Å². The average molecular weight is 320 g/mol. The molecule has 116 valence electrons. The van der Waals surface area contributed by atoms with Gasteiger partial charge in [-0.25, -0.2) is 17.2 Å². The summed E-state index contributed by atoms with van der Waals surface area (Å²) in [5, 5.41) is 1.81. The lowest BCUT2D eigenvalue weighted by Crippen LogP contribution is -2.31. The van der Waals surface area contributed by atoms with E-state index in [0.29, 0.717) is 6.07 Å². The van der Waals surface area contributed by atoms with E-state index in [1.807, 2.05) is 0 Å². The van der Waals surface area contributed by atoms with Crippen LogP contribution in [0.2, 0.25) is 0 Å². The first-order chi connectivity index (χ1) is 9.83. The molecule has 1 aromatic rings. The van der Waals surface area contributed by atoms with Crippen molar-refractivity contribution < 1.29 is 26.7 Å². The quantitative estimate of drug-likeness (QED) is 0.794. The van der Waals surface area contributed by atoms with E-state index >= 15 is 0 Å². The normalized spacial score (nSPS) is 22.0. The maximum Gasteiger partial charge on any atom is 0.322 e. The summed E-state index contributed by atoms with van der Waals surface area (Å²) < 4.78 is 57.1. The lowest BCUT2D eigenvalue weighted by atomic mass is 10.2. The molecular weight excluding hydrogens is 306 g/mol. The number of sulfonamides is 1. The Morgan fingerprint density at radius 1 is 1.43 bits per heavy atom. The minimum absolute atomic E-state index is 0.0187. The van der Waals surface area contributed by atoms with Crippen LogP contribution in [0.1, 0.15) is 6.42 Å². The van der Waals surface area contributed by atoms with Crippen LogP contribution in [0.15, 0.2) is 18.2 Å². The van der Waals surface area contributed by atoms with Gasteiger partial charge >= 0.3 is 5.97 Å². The van der Waals surface area contributed by atoms with Crippen LogP contribution in [-0.4, -0.2) is 39.3 Å². The van der Waals surface area contributed by atoms with E-state index in [-0.39, 0.29) is 18.7 Å². The summed E-state index contributed by atoms with van der Waals surface area (Å²) in [6.45, 7) is 0.0396. The third kappa shape index (κ3) is 3.48. The minimum atomic E-state index is -3.91. The molecule has 9 heteroatoms. The van der Waals surface area contributed by atoms with Gasteiger partial charge in [0.1, 0.15) is 17.7 Å². The zero-order chi connectivity index (χ0) is 15.6. The molecule has 1 aliphatic rings. The van der Waals surface area contributed by atoms with Crippen molar-refractivity contribution in [2.24, 2.45) is 0 Å². The van der Waals surface area contributed by atoms with Gasteiger partial charge in [-0.1, -0.05) is 0 Å². The predicted molar refractivity (Wildman–Crippen MR) is 71.1 cm³/mol.